The number of benzene rings is 2. The van der Waals surface area contributed by atoms with Crippen molar-refractivity contribution in [3.8, 4) is 22.5 Å². The van der Waals surface area contributed by atoms with E-state index in [9.17, 15) is 38.4 Å². The highest BCUT2D eigenvalue weighted by atomic mass is 32.1. The van der Waals surface area contributed by atoms with Gasteiger partial charge in [0.05, 0.1) is 6.04 Å². The Kier molecular flexibility index (Phi) is 22.7. The summed E-state index contributed by atoms with van der Waals surface area (Å²) in [5, 5.41) is 19.6. The summed E-state index contributed by atoms with van der Waals surface area (Å²) in [5.41, 5.74) is 7.46. The van der Waals surface area contributed by atoms with Crippen molar-refractivity contribution >= 4 is 90.4 Å². The fourth-order valence-electron chi connectivity index (χ4n) is 11.2. The predicted octanol–water partition coefficient (Wildman–Crippen LogP) is 9.04. The number of likely N-dealkylation sites (tertiary alicyclic amines) is 2. The van der Waals surface area contributed by atoms with Crippen LogP contribution < -0.4 is 37.6 Å². The number of nitrogen functional groups attached to an aromatic ring is 1. The average Bonchev–Trinajstić information content (AvgIpc) is 4.05. The van der Waals surface area contributed by atoms with Crippen LogP contribution in [0.25, 0.3) is 22.5 Å². The summed E-state index contributed by atoms with van der Waals surface area (Å²) >= 11 is 2.38. The van der Waals surface area contributed by atoms with Crippen LogP contribution in [0.15, 0.2) is 60.7 Å². The van der Waals surface area contributed by atoms with Crippen molar-refractivity contribution in [2.45, 2.75) is 187 Å². The summed E-state index contributed by atoms with van der Waals surface area (Å²) in [7, 11) is 3.22. The molecule has 0 radical (unpaired) electrons. The van der Waals surface area contributed by atoms with Crippen LogP contribution in [0.3, 0.4) is 0 Å². The Morgan fingerprint density at radius 3 is 1.51 bits per heavy atom. The average molecular weight is 1210 g/mol. The molecule has 0 spiro atoms. The molecule has 2 aromatic carbocycles. The molecule has 85 heavy (non-hydrogen) atoms. The first-order valence-corrected chi connectivity index (χ1v) is 31.6. The third-order valence-electron chi connectivity index (χ3n) is 16.3. The fourth-order valence-corrected chi connectivity index (χ4v) is 12.8. The van der Waals surface area contributed by atoms with Crippen LogP contribution in [0.5, 0.6) is 0 Å². The number of carbonyl (C=O) groups excluding carboxylic acids is 8. The van der Waals surface area contributed by atoms with E-state index in [-0.39, 0.29) is 47.3 Å². The summed E-state index contributed by atoms with van der Waals surface area (Å²) in [5.74, 6) is -1.91. The largest absolute Gasteiger partial charge is 0.444 e. The molecule has 6 atom stereocenters. The van der Waals surface area contributed by atoms with Gasteiger partial charge in [-0.15, -0.1) is 0 Å². The molecule has 8 N–H and O–H groups in total. The van der Waals surface area contributed by atoms with Crippen molar-refractivity contribution in [3.63, 3.8) is 0 Å². The molecule has 2 aromatic heterocycles. The van der Waals surface area contributed by atoms with Gasteiger partial charge in [0.25, 0.3) is 0 Å². The maximum absolute atomic E-state index is 14.2. The molecule has 2 aliphatic heterocycles. The van der Waals surface area contributed by atoms with Crippen LogP contribution in [0.4, 0.5) is 25.1 Å². The van der Waals surface area contributed by atoms with Crippen molar-refractivity contribution < 1.29 is 43.1 Å². The van der Waals surface area contributed by atoms with Gasteiger partial charge in [-0.3, -0.25) is 38.5 Å². The molecule has 4 fully saturated rings. The molecule has 2 saturated heterocycles. The molecule has 462 valence electrons. The molecule has 23 heteroatoms. The maximum Gasteiger partial charge on any atom is 0.410 e. The van der Waals surface area contributed by atoms with Crippen molar-refractivity contribution in [1.29, 1.82) is 0 Å². The first kappa shape index (κ1) is 65.6. The third kappa shape index (κ3) is 17.4. The van der Waals surface area contributed by atoms with Crippen molar-refractivity contribution in [3.05, 3.63) is 60.7 Å². The normalized spacial score (nSPS) is 19.0. The molecule has 4 aliphatic rings. The summed E-state index contributed by atoms with van der Waals surface area (Å²) in [6, 6.07) is 14.8. The minimum Gasteiger partial charge on any atom is -0.444 e. The molecule has 4 aromatic rings. The quantitative estimate of drug-likeness (QED) is 0.0520. The number of hydrogen-bond acceptors (Lipinski definition) is 15. The van der Waals surface area contributed by atoms with E-state index in [1.807, 2.05) is 81.4 Å². The Bertz CT molecular complexity index is 2970. The minimum absolute atomic E-state index is 0.0451. The van der Waals surface area contributed by atoms with Crippen LogP contribution in [-0.4, -0.2) is 141 Å². The molecule has 2 aliphatic carbocycles. The van der Waals surface area contributed by atoms with E-state index in [0.29, 0.717) is 70.4 Å². The number of nitrogens with zero attached hydrogens (tertiary/aromatic N) is 5. The summed E-state index contributed by atoms with van der Waals surface area (Å²) in [6.07, 6.45) is 11.3. The van der Waals surface area contributed by atoms with Crippen LogP contribution in [0, 0.1) is 17.3 Å². The lowest BCUT2D eigenvalue weighted by molar-refractivity contribution is -0.142. The standard InChI is InChI=1S/C31H44N6O5S.C31H44N6O4S/c1-19(36(5)30(41)42-31(2,3)4)25(38)33-24(21-15-10-7-11-16-21)28(40)37-18-12-17-22(37)26(39)35-27-23(34-29(32)43-27)20-13-8-6-9-14-20;1-19(32-5)25(38)33-24(21-15-10-7-11-16-21)28(40)37-18-12-17-22(37)26(39)35-27-23(20-13-8-6-9-14-20)34-30(42-27)36-29(41)31(2,3)4/h6,8-9,13-14,19,21-22,24H,7,10-12,15-18H2,1-5H3,(H2,32,34)(H,33,38)(H,35,39);6,8-9,13-14,19,21-22,24,32H,7,10-12,15-18H2,1-5H3,(H,33,38)(H,35,39)(H,34,36,41)/t2*19-,22-,24?/m00/s1. The smallest absolute Gasteiger partial charge is 0.410 e. The Morgan fingerprint density at radius 2 is 1.06 bits per heavy atom. The number of rotatable bonds is 17. The molecule has 8 amide bonds. The number of ether oxygens (including phenoxy) is 1. The Hall–Kier alpha value is -6.98. The summed E-state index contributed by atoms with van der Waals surface area (Å²) < 4.78 is 5.42. The zero-order valence-electron chi connectivity index (χ0n) is 51.0. The summed E-state index contributed by atoms with van der Waals surface area (Å²) in [4.78, 5) is 121. The molecular formula is C62H88N12O9S2. The lowest BCUT2D eigenvalue weighted by atomic mass is 9.83. The molecule has 2 unspecified atom stereocenters. The summed E-state index contributed by atoms with van der Waals surface area (Å²) in [6.45, 7) is 15.0. The van der Waals surface area contributed by atoms with E-state index >= 15 is 0 Å². The lowest BCUT2D eigenvalue weighted by Gasteiger charge is -2.36. The minimum atomic E-state index is -0.861. The van der Waals surface area contributed by atoms with Crippen LogP contribution >= 0.6 is 22.7 Å². The number of thiazole rings is 2. The highest BCUT2D eigenvalue weighted by molar-refractivity contribution is 7.20. The van der Waals surface area contributed by atoms with Gasteiger partial charge in [-0.1, -0.05) is 143 Å². The van der Waals surface area contributed by atoms with E-state index in [1.165, 1.54) is 34.6 Å². The van der Waals surface area contributed by atoms with E-state index in [2.05, 4.69) is 41.9 Å². The van der Waals surface area contributed by atoms with Crippen molar-refractivity contribution in [1.82, 2.24) is 40.6 Å². The van der Waals surface area contributed by atoms with Gasteiger partial charge in [0.1, 0.15) is 57.2 Å². The molecular weight excluding hydrogens is 1120 g/mol. The van der Waals surface area contributed by atoms with Crippen molar-refractivity contribution in [2.75, 3.05) is 48.9 Å². The van der Waals surface area contributed by atoms with Gasteiger partial charge < -0.3 is 52.2 Å². The second kappa shape index (κ2) is 29.4. The third-order valence-corrected chi connectivity index (χ3v) is 17.9. The van der Waals surface area contributed by atoms with Gasteiger partial charge in [-0.25, -0.2) is 14.8 Å². The number of carbonyl (C=O) groups is 8. The Balaban J connectivity index is 0.000000244. The zero-order chi connectivity index (χ0) is 61.8. The van der Waals surface area contributed by atoms with Gasteiger partial charge in [0.2, 0.25) is 41.4 Å². The number of likely N-dealkylation sites (N-methyl/N-ethyl adjacent to an activating group) is 2. The monoisotopic (exact) mass is 1210 g/mol. The van der Waals surface area contributed by atoms with Crippen LogP contribution in [0.2, 0.25) is 0 Å². The van der Waals surface area contributed by atoms with E-state index in [4.69, 9.17) is 10.5 Å². The SMILES string of the molecule is CN[C@@H](C)C(=O)NC(C(=O)N1CCC[C@H]1C(=O)Nc1sc(NC(=O)C(C)(C)C)nc1-c1ccccc1)C1CCCCC1.C[C@@H](C(=O)NC(C(=O)N1CCC[C@H]1C(=O)Nc1sc(N)nc1-c1ccccc1)C1CCCCC1)N(C)C(=O)OC(C)(C)C. The lowest BCUT2D eigenvalue weighted by Crippen LogP contribution is -2.58. The second-order valence-corrected chi connectivity index (χ2v) is 26.8. The first-order chi connectivity index (χ1) is 40.3. The zero-order valence-corrected chi connectivity index (χ0v) is 52.6. The predicted molar refractivity (Wildman–Crippen MR) is 333 cm³/mol. The van der Waals surface area contributed by atoms with Crippen molar-refractivity contribution in [2.24, 2.45) is 17.3 Å². The molecule has 4 heterocycles. The second-order valence-electron chi connectivity index (χ2n) is 24.8. The molecule has 0 bridgehead atoms. The Labute approximate surface area is 508 Å². The molecule has 2 saturated carbocycles. The van der Waals surface area contributed by atoms with Gasteiger partial charge in [-0.2, -0.15) is 0 Å². The van der Waals surface area contributed by atoms with Gasteiger partial charge in [0, 0.05) is 36.7 Å². The van der Waals surface area contributed by atoms with E-state index < -0.39 is 59.3 Å². The molecule has 21 nitrogen and oxygen atoms in total. The number of nitrogens with two attached hydrogens (primary N) is 1. The Morgan fingerprint density at radius 1 is 0.612 bits per heavy atom. The topological polar surface area (TPSA) is 279 Å². The number of anilines is 4. The highest BCUT2D eigenvalue weighted by Crippen LogP contribution is 2.39. The number of nitrogens with one attached hydrogen (secondary N) is 6. The van der Waals surface area contributed by atoms with Gasteiger partial charge in [-0.05, 0) is 105 Å². The van der Waals surface area contributed by atoms with E-state index in [0.717, 1.165) is 75.3 Å². The fraction of sp³-hybridized carbons (Fsp3) is 0.581. The van der Waals surface area contributed by atoms with Crippen LogP contribution in [0.1, 0.15) is 145 Å². The van der Waals surface area contributed by atoms with Gasteiger partial charge >= 0.3 is 6.09 Å². The number of aromatic nitrogens is 2. The first-order valence-electron chi connectivity index (χ1n) is 30.0. The highest BCUT2D eigenvalue weighted by Gasteiger charge is 2.44. The van der Waals surface area contributed by atoms with Gasteiger partial charge in [0.15, 0.2) is 10.3 Å². The number of hydrogen-bond donors (Lipinski definition) is 7. The number of amides is 8. The maximum atomic E-state index is 14.2. The van der Waals surface area contributed by atoms with Crippen LogP contribution in [-0.2, 0) is 38.3 Å². The molecule has 8 rings (SSSR count). The van der Waals surface area contributed by atoms with E-state index in [1.54, 1.807) is 51.5 Å².